The minimum atomic E-state index is 1.09. The minimum absolute atomic E-state index is 1.09. The van der Waals surface area contributed by atoms with Gasteiger partial charge in [0.05, 0.1) is 5.69 Å². The van der Waals surface area contributed by atoms with Crippen LogP contribution < -0.4 is 4.90 Å². The van der Waals surface area contributed by atoms with Crippen LogP contribution in [0.3, 0.4) is 0 Å². The molecule has 0 radical (unpaired) electrons. The van der Waals surface area contributed by atoms with Gasteiger partial charge in [0.1, 0.15) is 0 Å². The van der Waals surface area contributed by atoms with Crippen LogP contribution in [0.15, 0.2) is 237 Å². The zero-order valence-corrected chi connectivity index (χ0v) is 31.5. The summed E-state index contributed by atoms with van der Waals surface area (Å²) in [4.78, 5) is 2.42. The van der Waals surface area contributed by atoms with Crippen molar-refractivity contribution in [2.45, 2.75) is 0 Å². The Morgan fingerprint density at radius 2 is 0.754 bits per heavy atom. The zero-order valence-electron chi connectivity index (χ0n) is 31.5. The van der Waals surface area contributed by atoms with Crippen LogP contribution in [-0.2, 0) is 0 Å². The Kier molecular flexibility index (Phi) is 8.95. The fourth-order valence-corrected chi connectivity index (χ4v) is 8.24. The molecule has 0 aliphatic rings. The predicted molar refractivity (Wildman–Crippen MR) is 243 cm³/mol. The van der Waals surface area contributed by atoms with Gasteiger partial charge in [-0.1, -0.05) is 188 Å². The molecule has 0 aromatic heterocycles. The Morgan fingerprint density at radius 3 is 1.44 bits per heavy atom. The zero-order chi connectivity index (χ0) is 38.0. The van der Waals surface area contributed by atoms with Gasteiger partial charge in [-0.3, -0.25) is 0 Å². The number of anilines is 3. The molecule has 0 heterocycles. The molecule has 0 saturated heterocycles. The van der Waals surface area contributed by atoms with E-state index in [1.165, 1.54) is 71.6 Å². The Morgan fingerprint density at radius 1 is 0.246 bits per heavy atom. The normalized spacial score (nSPS) is 11.2. The van der Waals surface area contributed by atoms with E-state index < -0.39 is 0 Å². The Labute approximate surface area is 334 Å². The van der Waals surface area contributed by atoms with Gasteiger partial charge in [0.2, 0.25) is 0 Å². The molecule has 57 heavy (non-hydrogen) atoms. The highest BCUT2D eigenvalue weighted by molar-refractivity contribution is 6.01. The first-order valence-corrected chi connectivity index (χ1v) is 19.6. The number of nitrogens with zero attached hydrogens (tertiary/aromatic N) is 1. The van der Waals surface area contributed by atoms with Crippen LogP contribution in [-0.4, -0.2) is 0 Å². The van der Waals surface area contributed by atoms with Crippen molar-refractivity contribution >= 4 is 38.6 Å². The second-order valence-electron chi connectivity index (χ2n) is 14.5. The summed E-state index contributed by atoms with van der Waals surface area (Å²) in [6.45, 7) is 0. The van der Waals surface area contributed by atoms with E-state index in [0.29, 0.717) is 0 Å². The van der Waals surface area contributed by atoms with Crippen LogP contribution in [0.25, 0.3) is 77.2 Å². The third-order valence-corrected chi connectivity index (χ3v) is 11.0. The summed E-state index contributed by atoms with van der Waals surface area (Å²) in [5, 5.41) is 4.90. The lowest BCUT2D eigenvalue weighted by molar-refractivity contribution is 1.30. The maximum absolute atomic E-state index is 2.42. The maximum Gasteiger partial charge on any atom is 0.0540 e. The lowest BCUT2D eigenvalue weighted by Crippen LogP contribution is -2.10. The van der Waals surface area contributed by atoms with Gasteiger partial charge in [0.25, 0.3) is 0 Å². The quantitative estimate of drug-likeness (QED) is 0.151. The van der Waals surface area contributed by atoms with E-state index in [1.54, 1.807) is 0 Å². The van der Waals surface area contributed by atoms with Gasteiger partial charge in [-0.15, -0.1) is 0 Å². The van der Waals surface area contributed by atoms with Gasteiger partial charge in [-0.2, -0.15) is 0 Å². The summed E-state index contributed by atoms with van der Waals surface area (Å²) in [6, 6.07) is 85.8. The Hall–Kier alpha value is -7.48. The van der Waals surface area contributed by atoms with Crippen LogP contribution in [0.5, 0.6) is 0 Å². The molecule has 0 aliphatic carbocycles. The second kappa shape index (κ2) is 15.0. The summed E-state index contributed by atoms with van der Waals surface area (Å²) in [5.74, 6) is 0. The average molecular weight is 726 g/mol. The van der Waals surface area contributed by atoms with Gasteiger partial charge in [-0.25, -0.2) is 0 Å². The summed E-state index contributed by atoms with van der Waals surface area (Å²) >= 11 is 0. The summed E-state index contributed by atoms with van der Waals surface area (Å²) in [7, 11) is 0. The SMILES string of the molecule is c1ccc(-c2cc(-c3ccccc3)c(-c3cccc(N(c4ccc(-c5ccc6ccccc6c5)cc4)c4cccc5ccccc45)c3)c(-c3ccccc3)c2)cc1. The molecule has 268 valence electrons. The smallest absolute Gasteiger partial charge is 0.0540 e. The van der Waals surface area contributed by atoms with Crippen molar-refractivity contribution in [3.63, 3.8) is 0 Å². The van der Waals surface area contributed by atoms with Crippen molar-refractivity contribution in [1.29, 1.82) is 0 Å². The molecule has 0 bridgehead atoms. The molecule has 0 amide bonds. The van der Waals surface area contributed by atoms with Crippen molar-refractivity contribution < 1.29 is 0 Å². The maximum atomic E-state index is 2.42. The Bertz CT molecular complexity index is 2920. The number of hydrogen-bond acceptors (Lipinski definition) is 1. The van der Waals surface area contributed by atoms with E-state index in [2.05, 4.69) is 241 Å². The fourth-order valence-electron chi connectivity index (χ4n) is 8.24. The molecule has 0 fully saturated rings. The highest BCUT2D eigenvalue weighted by Crippen LogP contribution is 2.46. The topological polar surface area (TPSA) is 3.24 Å². The highest BCUT2D eigenvalue weighted by atomic mass is 15.1. The predicted octanol–water partition coefficient (Wildman–Crippen LogP) is 15.8. The number of fused-ring (bicyclic) bond motifs is 2. The lowest BCUT2D eigenvalue weighted by atomic mass is 9.84. The van der Waals surface area contributed by atoms with Crippen molar-refractivity contribution in [2.75, 3.05) is 4.90 Å². The molecule has 0 spiro atoms. The van der Waals surface area contributed by atoms with E-state index >= 15 is 0 Å². The molecule has 0 unspecified atom stereocenters. The molecule has 10 rings (SSSR count). The molecule has 0 atom stereocenters. The van der Waals surface area contributed by atoms with Gasteiger partial charge in [0.15, 0.2) is 0 Å². The molecule has 0 aliphatic heterocycles. The van der Waals surface area contributed by atoms with Crippen molar-refractivity contribution in [2.24, 2.45) is 0 Å². The molecule has 0 saturated carbocycles. The second-order valence-corrected chi connectivity index (χ2v) is 14.5. The molecule has 1 nitrogen and oxygen atoms in total. The number of hydrogen-bond donors (Lipinski definition) is 0. The van der Waals surface area contributed by atoms with Crippen LogP contribution >= 0.6 is 0 Å². The van der Waals surface area contributed by atoms with Gasteiger partial charge < -0.3 is 4.90 Å². The minimum Gasteiger partial charge on any atom is -0.310 e. The van der Waals surface area contributed by atoms with Crippen molar-refractivity contribution in [3.8, 4) is 55.6 Å². The van der Waals surface area contributed by atoms with E-state index in [-0.39, 0.29) is 0 Å². The Balaban J connectivity index is 1.18. The third-order valence-electron chi connectivity index (χ3n) is 11.0. The summed E-state index contributed by atoms with van der Waals surface area (Å²) in [6.07, 6.45) is 0. The average Bonchev–Trinajstić information content (AvgIpc) is 3.30. The largest absolute Gasteiger partial charge is 0.310 e. The van der Waals surface area contributed by atoms with E-state index in [0.717, 1.165) is 22.6 Å². The first kappa shape index (κ1) is 34.0. The first-order valence-electron chi connectivity index (χ1n) is 19.6. The molecule has 0 N–H and O–H groups in total. The first-order chi connectivity index (χ1) is 28.3. The van der Waals surface area contributed by atoms with Crippen molar-refractivity contribution in [3.05, 3.63) is 237 Å². The van der Waals surface area contributed by atoms with Gasteiger partial charge in [-0.05, 0) is 120 Å². The molecule has 10 aromatic carbocycles. The van der Waals surface area contributed by atoms with Gasteiger partial charge >= 0.3 is 0 Å². The van der Waals surface area contributed by atoms with Crippen molar-refractivity contribution in [1.82, 2.24) is 0 Å². The monoisotopic (exact) mass is 725 g/mol. The van der Waals surface area contributed by atoms with E-state index in [4.69, 9.17) is 0 Å². The summed E-state index contributed by atoms with van der Waals surface area (Å²) in [5.41, 5.74) is 15.2. The van der Waals surface area contributed by atoms with Crippen LogP contribution in [0.4, 0.5) is 17.1 Å². The molecular weight excluding hydrogens is 687 g/mol. The lowest BCUT2D eigenvalue weighted by Gasteiger charge is -2.28. The molecular formula is C56H39N. The number of benzene rings is 10. The van der Waals surface area contributed by atoms with Crippen LogP contribution in [0, 0.1) is 0 Å². The van der Waals surface area contributed by atoms with E-state index in [1.807, 2.05) is 0 Å². The molecule has 10 aromatic rings. The standard InChI is InChI=1S/C56H39N/c1-4-16-40(17-5-1)49-38-53(44-19-6-2-7-20-44)56(54(39-49)45-21-8-3-9-22-45)48-26-14-27-51(37-48)57(55-29-15-25-43-23-12-13-28-52(43)55)50-34-32-42(33-35-50)47-31-30-41-18-10-11-24-46(41)36-47/h1-39H. The highest BCUT2D eigenvalue weighted by Gasteiger charge is 2.20. The molecule has 1 heteroatoms. The third kappa shape index (κ3) is 6.66. The summed E-state index contributed by atoms with van der Waals surface area (Å²) < 4.78 is 0. The van der Waals surface area contributed by atoms with E-state index in [9.17, 15) is 0 Å². The van der Waals surface area contributed by atoms with Crippen LogP contribution in [0.2, 0.25) is 0 Å². The fraction of sp³-hybridized carbons (Fsp3) is 0. The van der Waals surface area contributed by atoms with Gasteiger partial charge in [0, 0.05) is 16.8 Å². The number of rotatable bonds is 8. The van der Waals surface area contributed by atoms with Crippen LogP contribution in [0.1, 0.15) is 0 Å².